The average Bonchev–Trinajstić information content (AvgIpc) is 3.03. The average molecular weight is 495 g/mol. The van der Waals surface area contributed by atoms with Gasteiger partial charge in [-0.2, -0.15) is 0 Å². The summed E-state index contributed by atoms with van der Waals surface area (Å²) in [6.07, 6.45) is -1.77. The molecule has 0 aromatic heterocycles. The molecular formula is C29H33ClN2O2. The Morgan fingerprint density at radius 3 is 2.09 bits per heavy atom. The van der Waals surface area contributed by atoms with Gasteiger partial charge in [0.05, 0.1) is 19.3 Å². The second-order valence-corrected chi connectivity index (χ2v) is 8.34. The fourth-order valence-corrected chi connectivity index (χ4v) is 4.15. The molecule has 0 radical (unpaired) electrons. The monoisotopic (exact) mass is 494 g/mol. The van der Waals surface area contributed by atoms with Crippen molar-refractivity contribution in [1.82, 2.24) is 9.80 Å². The van der Waals surface area contributed by atoms with Crippen LogP contribution in [0.25, 0.3) is 0 Å². The molecule has 1 aliphatic rings. The number of hydrogen-bond acceptors (Lipinski definition) is 3. The van der Waals surface area contributed by atoms with Crippen LogP contribution in [0.2, 0.25) is 5.02 Å². The van der Waals surface area contributed by atoms with Gasteiger partial charge in [0.2, 0.25) is 5.91 Å². The summed E-state index contributed by atoms with van der Waals surface area (Å²) in [5.41, 5.74) is -6.97. The van der Waals surface area contributed by atoms with Crippen LogP contribution in [0.3, 0.4) is 0 Å². The van der Waals surface area contributed by atoms with E-state index in [0.717, 1.165) is 4.90 Å². The number of amides is 1. The van der Waals surface area contributed by atoms with Crippen LogP contribution in [0.4, 0.5) is 0 Å². The Morgan fingerprint density at radius 2 is 1.59 bits per heavy atom. The number of nitrogens with zero attached hydrogens (tertiary/aromatic N) is 2. The van der Waals surface area contributed by atoms with Gasteiger partial charge in [-0.3, -0.25) is 4.79 Å². The lowest BCUT2D eigenvalue weighted by Crippen LogP contribution is -2.48. The van der Waals surface area contributed by atoms with Crippen molar-refractivity contribution in [2.75, 3.05) is 33.5 Å². The number of hydrogen-bond donors (Lipinski definition) is 1. The fraction of sp³-hybridized carbons (Fsp3) is 0.345. The third-order valence-corrected chi connectivity index (χ3v) is 6.21. The molecule has 4 rings (SSSR count). The number of likely N-dealkylation sites (tertiary alicyclic amines) is 1. The van der Waals surface area contributed by atoms with Gasteiger partial charge < -0.3 is 14.9 Å². The lowest BCUT2D eigenvalue weighted by atomic mass is 9.70. The summed E-state index contributed by atoms with van der Waals surface area (Å²) in [4.78, 5) is 15.5. The first-order chi connectivity index (χ1) is 23.6. The van der Waals surface area contributed by atoms with Gasteiger partial charge in [-0.1, -0.05) is 84.2 Å². The molecular weight excluding hydrogens is 444 g/mol. The fourth-order valence-electron chi connectivity index (χ4n) is 4.02. The number of benzene rings is 3. The molecule has 0 spiro atoms. The quantitative estimate of drug-likeness (QED) is 0.497. The predicted molar refractivity (Wildman–Crippen MR) is 138 cm³/mol. The van der Waals surface area contributed by atoms with E-state index in [1.54, 1.807) is 24.3 Å². The maximum absolute atomic E-state index is 15.1. The summed E-state index contributed by atoms with van der Waals surface area (Å²) in [5, 5.41) is 11.9. The first-order valence-corrected chi connectivity index (χ1v) is 10.8. The van der Waals surface area contributed by atoms with Crippen molar-refractivity contribution in [1.29, 1.82) is 0 Å². The molecule has 1 saturated heterocycles. The molecule has 4 nitrogen and oxygen atoms in total. The van der Waals surface area contributed by atoms with Crippen LogP contribution in [-0.2, 0) is 15.8 Å². The molecule has 1 amide bonds. The first kappa shape index (κ1) is 10.5. The summed E-state index contributed by atoms with van der Waals surface area (Å²) < 4.78 is 152. The van der Waals surface area contributed by atoms with Crippen molar-refractivity contribution >= 4 is 17.5 Å². The maximum atomic E-state index is 15.1. The molecule has 3 aromatic rings. The lowest BCUT2D eigenvalue weighted by Gasteiger charge is -2.41. The van der Waals surface area contributed by atoms with Crippen molar-refractivity contribution in [2.45, 2.75) is 30.3 Å². The summed E-state index contributed by atoms with van der Waals surface area (Å²) in [7, 11) is 0. The summed E-state index contributed by atoms with van der Waals surface area (Å²) in [6, 6.07) is -5.24. The van der Waals surface area contributed by atoms with Crippen molar-refractivity contribution < 1.29 is 34.6 Å². The predicted octanol–water partition coefficient (Wildman–Crippen LogP) is 5.09. The Labute approximate surface area is 233 Å². The Bertz CT molecular complexity index is 1750. The van der Waals surface area contributed by atoms with Gasteiger partial charge in [0, 0.05) is 43.0 Å². The van der Waals surface area contributed by atoms with Crippen LogP contribution in [-0.4, -0.2) is 54.4 Å². The first-order valence-electron chi connectivity index (χ1n) is 19.4. The smallest absolute Gasteiger partial charge is 0.237 e. The standard InChI is InChI=1S/C29H33ClN2O2/c1-31(2)27(33)29(24-9-5-3-6-10-24,25-11-7-4-8-12-25)19-22-32-20-17-28(34,18-21-32)23-13-15-26(30)16-14-23/h3-16,34H,17-22H2,1-2H3/i1D3,2D3,3D,4D,5D,6D,7D,8D,9D,10D,11D,12D,22D2. The number of piperidine rings is 1. The highest BCUT2D eigenvalue weighted by molar-refractivity contribution is 6.30. The van der Waals surface area contributed by atoms with E-state index in [-0.39, 0.29) is 25.9 Å². The van der Waals surface area contributed by atoms with Crippen molar-refractivity contribution in [3.8, 4) is 0 Å². The van der Waals surface area contributed by atoms with Crippen LogP contribution < -0.4 is 0 Å². The Balaban J connectivity index is 2.13. The molecule has 1 heterocycles. The number of halogens is 1. The molecule has 0 saturated carbocycles. The Kier molecular flexibility index (Phi) is 3.19. The summed E-state index contributed by atoms with van der Waals surface area (Å²) in [6.45, 7) is -11.3. The zero-order valence-electron chi connectivity index (χ0n) is 36.0. The molecule has 0 unspecified atom stereocenters. The molecule has 0 bridgehead atoms. The van der Waals surface area contributed by atoms with E-state index in [1.165, 1.54) is 0 Å². The number of carbonyl (C=O) groups excluding carboxylic acids is 1. The minimum Gasteiger partial charge on any atom is -0.385 e. The van der Waals surface area contributed by atoms with E-state index in [9.17, 15) is 7.85 Å². The van der Waals surface area contributed by atoms with Gasteiger partial charge in [-0.25, -0.2) is 0 Å². The molecule has 5 heteroatoms. The molecule has 3 aromatic carbocycles. The molecule has 1 fully saturated rings. The number of aliphatic hydroxyl groups is 1. The molecule has 34 heavy (non-hydrogen) atoms. The highest BCUT2D eigenvalue weighted by atomic mass is 35.5. The number of likely N-dealkylation sites (N-methyl/N-ethyl adjacent to an activating group) is 1. The van der Waals surface area contributed by atoms with E-state index in [1.807, 2.05) is 0 Å². The van der Waals surface area contributed by atoms with Gasteiger partial charge in [0.1, 0.15) is 5.41 Å². The van der Waals surface area contributed by atoms with Gasteiger partial charge >= 0.3 is 0 Å². The van der Waals surface area contributed by atoms with Gasteiger partial charge in [0.15, 0.2) is 0 Å². The molecule has 178 valence electrons. The number of rotatable bonds is 7. The third-order valence-electron chi connectivity index (χ3n) is 5.96. The van der Waals surface area contributed by atoms with E-state index >= 15 is 4.79 Å². The minimum atomic E-state index is -3.89. The second kappa shape index (κ2) is 10.3. The van der Waals surface area contributed by atoms with Crippen LogP contribution in [0.1, 0.15) is 60.6 Å². The summed E-state index contributed by atoms with van der Waals surface area (Å²) in [5.74, 6) is -2.14. The van der Waals surface area contributed by atoms with E-state index in [4.69, 9.17) is 33.5 Å². The second-order valence-electron chi connectivity index (χ2n) is 7.91. The van der Waals surface area contributed by atoms with E-state index < -0.39 is 120 Å². The Morgan fingerprint density at radius 1 is 1.06 bits per heavy atom. The topological polar surface area (TPSA) is 43.8 Å². The van der Waals surface area contributed by atoms with Crippen LogP contribution in [0, 0.1) is 0 Å². The molecule has 0 aliphatic carbocycles. The third kappa shape index (κ3) is 4.90. The molecule has 0 atom stereocenters. The zero-order valence-corrected chi connectivity index (χ0v) is 18.7. The number of carbonyl (C=O) groups is 1. The van der Waals surface area contributed by atoms with E-state index in [0.29, 0.717) is 10.6 Å². The van der Waals surface area contributed by atoms with Crippen LogP contribution in [0.5, 0.6) is 0 Å². The van der Waals surface area contributed by atoms with Gasteiger partial charge in [-0.15, -0.1) is 0 Å². The highest BCUT2D eigenvalue weighted by Gasteiger charge is 2.43. The molecule has 1 N–H and O–H groups in total. The maximum Gasteiger partial charge on any atom is 0.237 e. The highest BCUT2D eigenvalue weighted by Crippen LogP contribution is 2.39. The van der Waals surface area contributed by atoms with E-state index in [2.05, 4.69) is 0 Å². The normalized spacial score (nSPS) is 25.0. The minimum absolute atomic E-state index is 0.130. The summed E-state index contributed by atoms with van der Waals surface area (Å²) >= 11 is 5.98. The van der Waals surface area contributed by atoms with Crippen LogP contribution in [0.15, 0.2) is 84.7 Å². The molecule has 1 aliphatic heterocycles. The SMILES string of the molecule is [2H]c1c([2H])c([2H])c(C(CC([2H])([2H])N2CCC(O)(c3ccc(Cl)cc3)CC2)(C(=O)N(C([2H])([2H])[2H])C([2H])([2H])[2H])c2c([2H])c([2H])c([2H])c([2H])c2[2H])c([2H])c1[2H]. The lowest BCUT2D eigenvalue weighted by molar-refractivity contribution is -0.133. The van der Waals surface area contributed by atoms with Crippen molar-refractivity contribution in [2.24, 2.45) is 0 Å². The Hall–Kier alpha value is -2.66. The van der Waals surface area contributed by atoms with Crippen molar-refractivity contribution in [3.05, 3.63) is 106 Å². The van der Waals surface area contributed by atoms with Gasteiger partial charge in [0.25, 0.3) is 0 Å². The van der Waals surface area contributed by atoms with Crippen molar-refractivity contribution in [3.63, 3.8) is 0 Å². The largest absolute Gasteiger partial charge is 0.385 e. The van der Waals surface area contributed by atoms with Gasteiger partial charge in [-0.05, 0) is 54.6 Å². The zero-order chi connectivity index (χ0) is 39.7. The van der Waals surface area contributed by atoms with Crippen LogP contribution >= 0.6 is 11.6 Å².